The zero-order chi connectivity index (χ0) is 9.54. The smallest absolute Gasteiger partial charge is 0.195 e. The molecule has 3 rings (SSSR count). The second-order valence-electron chi connectivity index (χ2n) is 3.23. The fourth-order valence-corrected chi connectivity index (χ4v) is 1.54. The first-order valence-electron chi connectivity index (χ1n) is 4.58. The summed E-state index contributed by atoms with van der Waals surface area (Å²) in [6.45, 7) is 2.49. The molecule has 0 spiro atoms. The summed E-state index contributed by atoms with van der Waals surface area (Å²) < 4.78 is 5.52. The third-order valence-electron chi connectivity index (χ3n) is 2.28. The number of hydrogen-bond donors (Lipinski definition) is 0. The molecule has 4 nitrogen and oxygen atoms in total. The van der Waals surface area contributed by atoms with Gasteiger partial charge in [0.05, 0.1) is 0 Å². The van der Waals surface area contributed by atoms with Gasteiger partial charge in [0.15, 0.2) is 17.2 Å². The van der Waals surface area contributed by atoms with Crippen molar-refractivity contribution >= 4 is 11.1 Å². The Labute approximate surface area is 80.4 Å². The molecule has 0 aliphatic carbocycles. The molecule has 0 N–H and O–H groups in total. The van der Waals surface area contributed by atoms with E-state index in [9.17, 15) is 0 Å². The standard InChI is InChI=1S/C10H9NO3/c1-2-10-11-7-4-8-6(5-12-14-8)3-9(7)13-10/h3-4H,2,5H2,1H3. The van der Waals surface area contributed by atoms with Crippen LogP contribution in [0, 0.1) is 0 Å². The number of nitrogens with zero attached hydrogens (tertiary/aromatic N) is 1. The van der Waals surface area contributed by atoms with E-state index in [0.717, 1.165) is 34.7 Å². The van der Waals surface area contributed by atoms with Crippen LogP contribution in [-0.2, 0) is 17.9 Å². The number of benzene rings is 1. The molecule has 4 heteroatoms. The van der Waals surface area contributed by atoms with E-state index in [4.69, 9.17) is 14.2 Å². The van der Waals surface area contributed by atoms with Gasteiger partial charge in [0.1, 0.15) is 12.1 Å². The van der Waals surface area contributed by atoms with Crippen LogP contribution in [0.3, 0.4) is 0 Å². The Morgan fingerprint density at radius 3 is 3.21 bits per heavy atom. The minimum atomic E-state index is 0.480. The highest BCUT2D eigenvalue weighted by molar-refractivity contribution is 5.76. The average molecular weight is 191 g/mol. The molecule has 14 heavy (non-hydrogen) atoms. The van der Waals surface area contributed by atoms with Crippen LogP contribution in [0.2, 0.25) is 0 Å². The van der Waals surface area contributed by atoms with Crippen LogP contribution in [0.5, 0.6) is 5.75 Å². The van der Waals surface area contributed by atoms with E-state index < -0.39 is 0 Å². The van der Waals surface area contributed by atoms with Gasteiger partial charge in [0.2, 0.25) is 0 Å². The Bertz CT molecular complexity index is 448. The van der Waals surface area contributed by atoms with Crippen molar-refractivity contribution in [3.8, 4) is 5.75 Å². The first-order chi connectivity index (χ1) is 6.86. The number of aromatic nitrogens is 1. The molecule has 1 aromatic heterocycles. The topological polar surface area (TPSA) is 44.5 Å². The van der Waals surface area contributed by atoms with Gasteiger partial charge in [-0.3, -0.25) is 0 Å². The van der Waals surface area contributed by atoms with Gasteiger partial charge in [0.25, 0.3) is 0 Å². The van der Waals surface area contributed by atoms with Gasteiger partial charge in [0, 0.05) is 18.1 Å². The number of aryl methyl sites for hydroxylation is 1. The lowest BCUT2D eigenvalue weighted by Crippen LogP contribution is -1.81. The van der Waals surface area contributed by atoms with Gasteiger partial charge in [-0.05, 0) is 6.07 Å². The SMILES string of the molecule is CCc1nc2cc3c(cc2o1)COO3. The lowest BCUT2D eigenvalue weighted by atomic mass is 10.2. The fraction of sp³-hybridized carbons (Fsp3) is 0.300. The molecule has 0 saturated carbocycles. The Kier molecular flexibility index (Phi) is 1.52. The van der Waals surface area contributed by atoms with Crippen molar-refractivity contribution in [2.24, 2.45) is 0 Å². The van der Waals surface area contributed by atoms with Crippen LogP contribution in [0.1, 0.15) is 18.4 Å². The first-order valence-corrected chi connectivity index (χ1v) is 4.58. The minimum Gasteiger partial charge on any atom is -0.441 e. The van der Waals surface area contributed by atoms with Crippen LogP contribution in [0.15, 0.2) is 16.5 Å². The summed E-state index contributed by atoms with van der Waals surface area (Å²) in [5, 5.41) is 0. The summed E-state index contributed by atoms with van der Waals surface area (Å²) >= 11 is 0. The lowest BCUT2D eigenvalue weighted by molar-refractivity contribution is -0.194. The van der Waals surface area contributed by atoms with Gasteiger partial charge >= 0.3 is 0 Å². The number of fused-ring (bicyclic) bond motifs is 2. The predicted octanol–water partition coefficient (Wildman–Crippen LogP) is 2.21. The summed E-state index contributed by atoms with van der Waals surface area (Å²) in [6, 6.07) is 3.77. The van der Waals surface area contributed by atoms with E-state index in [0.29, 0.717) is 6.61 Å². The molecule has 1 aliphatic heterocycles. The number of rotatable bonds is 1. The van der Waals surface area contributed by atoms with Crippen LogP contribution in [0.4, 0.5) is 0 Å². The maximum atomic E-state index is 5.52. The van der Waals surface area contributed by atoms with Crippen molar-refractivity contribution in [1.29, 1.82) is 0 Å². The largest absolute Gasteiger partial charge is 0.441 e. The zero-order valence-corrected chi connectivity index (χ0v) is 7.74. The van der Waals surface area contributed by atoms with Gasteiger partial charge < -0.3 is 9.30 Å². The Morgan fingerprint density at radius 1 is 1.43 bits per heavy atom. The minimum absolute atomic E-state index is 0.480. The third kappa shape index (κ3) is 1.01. The molecule has 0 atom stereocenters. The average Bonchev–Trinajstić information content (AvgIpc) is 2.77. The van der Waals surface area contributed by atoms with Gasteiger partial charge in [-0.25, -0.2) is 4.98 Å². The Balaban J connectivity index is 2.25. The maximum absolute atomic E-state index is 5.52. The highest BCUT2D eigenvalue weighted by Gasteiger charge is 2.17. The molecule has 0 radical (unpaired) electrons. The molecule has 0 amide bonds. The fourth-order valence-electron chi connectivity index (χ4n) is 1.54. The molecule has 0 unspecified atom stereocenters. The van der Waals surface area contributed by atoms with Crippen molar-refractivity contribution in [1.82, 2.24) is 4.98 Å². The zero-order valence-electron chi connectivity index (χ0n) is 7.74. The maximum Gasteiger partial charge on any atom is 0.195 e. The van der Waals surface area contributed by atoms with Crippen LogP contribution >= 0.6 is 0 Å². The summed E-state index contributed by atoms with van der Waals surface area (Å²) in [7, 11) is 0. The molecular weight excluding hydrogens is 182 g/mol. The summed E-state index contributed by atoms with van der Waals surface area (Å²) in [5.41, 5.74) is 2.64. The van der Waals surface area contributed by atoms with E-state index >= 15 is 0 Å². The van der Waals surface area contributed by atoms with Crippen LogP contribution in [-0.4, -0.2) is 4.98 Å². The van der Waals surface area contributed by atoms with Crippen molar-refractivity contribution in [2.45, 2.75) is 20.0 Å². The molecule has 1 aliphatic rings. The Hall–Kier alpha value is -1.55. The molecule has 1 aromatic carbocycles. The van der Waals surface area contributed by atoms with E-state index in [-0.39, 0.29) is 0 Å². The lowest BCUT2D eigenvalue weighted by Gasteiger charge is -1.92. The highest BCUT2D eigenvalue weighted by atomic mass is 17.2. The van der Waals surface area contributed by atoms with E-state index in [2.05, 4.69) is 4.98 Å². The highest BCUT2D eigenvalue weighted by Crippen LogP contribution is 2.31. The molecule has 0 saturated heterocycles. The van der Waals surface area contributed by atoms with Crippen LogP contribution < -0.4 is 4.89 Å². The molecule has 2 aromatic rings. The van der Waals surface area contributed by atoms with E-state index in [1.807, 2.05) is 19.1 Å². The second kappa shape index (κ2) is 2.72. The summed E-state index contributed by atoms with van der Waals surface area (Å²) in [5.74, 6) is 1.50. The van der Waals surface area contributed by atoms with Crippen LogP contribution in [0.25, 0.3) is 11.1 Å². The van der Waals surface area contributed by atoms with Crippen molar-refractivity contribution in [3.63, 3.8) is 0 Å². The van der Waals surface area contributed by atoms with Crippen molar-refractivity contribution < 1.29 is 14.2 Å². The Morgan fingerprint density at radius 2 is 2.36 bits per heavy atom. The van der Waals surface area contributed by atoms with Crippen molar-refractivity contribution in [2.75, 3.05) is 0 Å². The summed E-state index contributed by atoms with van der Waals surface area (Å²) in [4.78, 5) is 14.1. The van der Waals surface area contributed by atoms with E-state index in [1.54, 1.807) is 0 Å². The number of oxazole rings is 1. The molecular formula is C10H9NO3. The van der Waals surface area contributed by atoms with Gasteiger partial charge in [-0.1, -0.05) is 6.92 Å². The second-order valence-corrected chi connectivity index (χ2v) is 3.23. The quantitative estimate of drug-likeness (QED) is 0.648. The third-order valence-corrected chi connectivity index (χ3v) is 2.28. The van der Waals surface area contributed by atoms with Gasteiger partial charge in [-0.2, -0.15) is 4.89 Å². The normalized spacial score (nSPS) is 14.4. The van der Waals surface area contributed by atoms with E-state index in [1.165, 1.54) is 0 Å². The van der Waals surface area contributed by atoms with Crippen molar-refractivity contribution in [3.05, 3.63) is 23.6 Å². The molecule has 2 heterocycles. The predicted molar refractivity (Wildman–Crippen MR) is 48.8 cm³/mol. The van der Waals surface area contributed by atoms with Gasteiger partial charge in [-0.15, -0.1) is 0 Å². The first kappa shape index (κ1) is 7.82. The molecule has 0 fully saturated rings. The molecule has 72 valence electrons. The number of hydrogen-bond acceptors (Lipinski definition) is 4. The summed E-state index contributed by atoms with van der Waals surface area (Å²) in [6.07, 6.45) is 0.802. The molecule has 0 bridgehead atoms. The monoisotopic (exact) mass is 191 g/mol.